The summed E-state index contributed by atoms with van der Waals surface area (Å²) in [6.07, 6.45) is 15.9. The van der Waals surface area contributed by atoms with Gasteiger partial charge in [0.25, 0.3) is 0 Å². The molecule has 0 bridgehead atoms. The standard InChI is InChI=1S/C20H23ClN6O.C15H13Cl2N5.C6H12O/c1-12-8-16-15(20(24-11-23-16)26-6-3-13(28)4-7-26)10-27(12)17-9-18(21)25-19-14(17)2-5-22-19;1-8-4-11-10(14(17)20-7-19-11)6-22(8)12-5-13(16)21-15-9(12)2-3-18-15;7-6-4-2-1-3-5-6/h2,5,9,11-13,28H,3-4,6-8,10H2,1H3,(H,22,25);2-3,5,7-8H,4,6H2,1H3,(H,18,21);6-7H,1-5H2/t12-;8-;/m11./s1. The van der Waals surface area contributed by atoms with Crippen LogP contribution in [-0.2, 0) is 25.9 Å². The molecule has 6 aromatic rings. The number of aliphatic hydroxyl groups is 2. The number of aliphatic hydroxyl groups excluding tert-OH is 2. The molecule has 0 amide bonds. The smallest absolute Gasteiger partial charge is 0.141 e. The van der Waals surface area contributed by atoms with Gasteiger partial charge >= 0.3 is 0 Å². The van der Waals surface area contributed by atoms with Crippen molar-refractivity contribution in [2.24, 2.45) is 0 Å². The van der Waals surface area contributed by atoms with E-state index >= 15 is 0 Å². The van der Waals surface area contributed by atoms with Crippen LogP contribution in [0.5, 0.6) is 0 Å². The van der Waals surface area contributed by atoms with Gasteiger partial charge in [0.05, 0.1) is 35.0 Å². The number of halogens is 3. The summed E-state index contributed by atoms with van der Waals surface area (Å²) in [4.78, 5) is 39.6. The Morgan fingerprint density at radius 2 is 1.16 bits per heavy atom. The lowest BCUT2D eigenvalue weighted by Crippen LogP contribution is -2.42. The molecular formula is C41H48Cl3N11O2. The summed E-state index contributed by atoms with van der Waals surface area (Å²) >= 11 is 18.7. The molecule has 2 atom stereocenters. The molecule has 300 valence electrons. The molecule has 1 saturated heterocycles. The Morgan fingerprint density at radius 1 is 0.649 bits per heavy atom. The molecule has 1 saturated carbocycles. The van der Waals surface area contributed by atoms with E-state index in [4.69, 9.17) is 39.9 Å². The van der Waals surface area contributed by atoms with Gasteiger partial charge in [-0.1, -0.05) is 54.1 Å². The number of rotatable bonds is 3. The zero-order chi connectivity index (χ0) is 39.6. The van der Waals surface area contributed by atoms with E-state index in [1.165, 1.54) is 31.2 Å². The minimum Gasteiger partial charge on any atom is -0.393 e. The monoisotopic (exact) mass is 831 g/mol. The van der Waals surface area contributed by atoms with Crippen molar-refractivity contribution < 1.29 is 10.2 Å². The molecule has 16 heteroatoms. The second-order valence-electron chi connectivity index (χ2n) is 15.5. The summed E-state index contributed by atoms with van der Waals surface area (Å²) in [6.45, 7) is 7.43. The predicted octanol–water partition coefficient (Wildman–Crippen LogP) is 7.84. The van der Waals surface area contributed by atoms with Crippen molar-refractivity contribution in [3.8, 4) is 0 Å². The summed E-state index contributed by atoms with van der Waals surface area (Å²) in [5.41, 5.74) is 8.02. The normalized spacial score (nSPS) is 20.1. The fourth-order valence-corrected chi connectivity index (χ4v) is 9.08. The number of nitrogens with zero attached hydrogens (tertiary/aromatic N) is 9. The van der Waals surface area contributed by atoms with Gasteiger partial charge in [-0.05, 0) is 63.8 Å². The predicted molar refractivity (Wildman–Crippen MR) is 227 cm³/mol. The number of anilines is 3. The minimum atomic E-state index is -0.203. The van der Waals surface area contributed by atoms with Crippen LogP contribution < -0.4 is 14.7 Å². The van der Waals surface area contributed by atoms with Crippen molar-refractivity contribution in [2.45, 2.75) is 109 Å². The number of H-pyrrole nitrogens is 2. The molecule has 4 aliphatic rings. The molecule has 6 aromatic heterocycles. The molecule has 0 radical (unpaired) electrons. The molecule has 0 unspecified atom stereocenters. The summed E-state index contributed by atoms with van der Waals surface area (Å²) in [5.74, 6) is 0.999. The van der Waals surface area contributed by atoms with Crippen LogP contribution in [0.1, 0.15) is 81.3 Å². The Kier molecular flexibility index (Phi) is 12.0. The highest BCUT2D eigenvalue weighted by Gasteiger charge is 2.31. The maximum absolute atomic E-state index is 9.85. The van der Waals surface area contributed by atoms with E-state index in [0.29, 0.717) is 22.0 Å². The third kappa shape index (κ3) is 8.63. The fourth-order valence-electron chi connectivity index (χ4n) is 8.50. The Hall–Kier alpha value is -4.27. The highest BCUT2D eigenvalue weighted by atomic mass is 35.5. The lowest BCUT2D eigenvalue weighted by atomic mass is 9.97. The van der Waals surface area contributed by atoms with Crippen LogP contribution in [0.2, 0.25) is 15.5 Å². The van der Waals surface area contributed by atoms with E-state index in [-0.39, 0.29) is 24.3 Å². The van der Waals surface area contributed by atoms with Gasteiger partial charge in [-0.15, -0.1) is 0 Å². The van der Waals surface area contributed by atoms with Crippen LogP contribution >= 0.6 is 34.8 Å². The topological polar surface area (TPSA) is 159 Å². The molecule has 57 heavy (non-hydrogen) atoms. The number of aromatic nitrogens is 8. The number of aromatic amines is 2. The van der Waals surface area contributed by atoms with Crippen molar-refractivity contribution in [3.63, 3.8) is 0 Å². The lowest BCUT2D eigenvalue weighted by molar-refractivity contribution is 0.130. The van der Waals surface area contributed by atoms with Gasteiger partial charge in [-0.3, -0.25) is 0 Å². The number of pyridine rings is 2. The third-order valence-electron chi connectivity index (χ3n) is 11.6. The Bertz CT molecular complexity index is 2320. The number of hydrogen-bond donors (Lipinski definition) is 4. The van der Waals surface area contributed by atoms with E-state index in [0.717, 1.165) is 114 Å². The Morgan fingerprint density at radius 3 is 1.70 bits per heavy atom. The van der Waals surface area contributed by atoms with Crippen LogP contribution in [0, 0.1) is 0 Å². The van der Waals surface area contributed by atoms with Crippen LogP contribution in [0.3, 0.4) is 0 Å². The first-order valence-electron chi connectivity index (χ1n) is 19.9. The Labute approximate surface area is 346 Å². The second-order valence-corrected chi connectivity index (χ2v) is 16.6. The van der Waals surface area contributed by atoms with E-state index < -0.39 is 0 Å². The van der Waals surface area contributed by atoms with Crippen molar-refractivity contribution in [1.82, 2.24) is 39.9 Å². The van der Waals surface area contributed by atoms with Gasteiger partial charge in [0, 0.05) is 85.4 Å². The highest BCUT2D eigenvalue weighted by Crippen LogP contribution is 2.38. The zero-order valence-electron chi connectivity index (χ0n) is 32.2. The van der Waals surface area contributed by atoms with Crippen molar-refractivity contribution in [3.05, 3.63) is 87.3 Å². The summed E-state index contributed by atoms with van der Waals surface area (Å²) < 4.78 is 0. The van der Waals surface area contributed by atoms with E-state index in [1.807, 2.05) is 36.7 Å². The molecular weight excluding hydrogens is 785 g/mol. The van der Waals surface area contributed by atoms with Crippen LogP contribution in [-0.4, -0.2) is 87.5 Å². The lowest BCUT2D eigenvalue weighted by Gasteiger charge is -2.39. The van der Waals surface area contributed by atoms with Gasteiger partial charge < -0.3 is 34.9 Å². The summed E-state index contributed by atoms with van der Waals surface area (Å²) in [7, 11) is 0. The van der Waals surface area contributed by atoms with Gasteiger partial charge in [0.15, 0.2) is 0 Å². The maximum atomic E-state index is 9.85. The van der Waals surface area contributed by atoms with Crippen molar-refractivity contribution in [1.29, 1.82) is 0 Å². The first-order valence-corrected chi connectivity index (χ1v) is 21.0. The van der Waals surface area contributed by atoms with Gasteiger partial charge in [0.1, 0.15) is 45.2 Å². The van der Waals surface area contributed by atoms with Crippen LogP contribution in [0.25, 0.3) is 22.1 Å². The molecule has 0 spiro atoms. The average Bonchev–Trinajstić information content (AvgIpc) is 3.88. The fraction of sp³-hybridized carbons (Fsp3) is 0.463. The number of nitrogens with one attached hydrogen (secondary N) is 2. The molecule has 0 aromatic carbocycles. The van der Waals surface area contributed by atoms with Gasteiger partial charge in [-0.2, -0.15) is 0 Å². The highest BCUT2D eigenvalue weighted by molar-refractivity contribution is 6.31. The SMILES string of the molecule is C[C@@H]1Cc2ncnc(Cl)c2CN1c1cc(Cl)nc2[nH]ccc12.C[C@@H]1Cc2ncnc(N3CCC(O)CC3)c2CN1c1cc(Cl)nc2[nH]ccc12.OC1CCCCC1. The summed E-state index contributed by atoms with van der Waals surface area (Å²) in [5, 5.41) is 22.4. The molecule has 10 rings (SSSR count). The minimum absolute atomic E-state index is 0.0359. The number of fused-ring (bicyclic) bond motifs is 4. The molecule has 3 aliphatic heterocycles. The zero-order valence-corrected chi connectivity index (χ0v) is 34.4. The average molecular weight is 833 g/mol. The van der Waals surface area contributed by atoms with Crippen molar-refractivity contribution in [2.75, 3.05) is 27.8 Å². The van der Waals surface area contributed by atoms with E-state index in [9.17, 15) is 5.11 Å². The van der Waals surface area contributed by atoms with E-state index in [2.05, 4.69) is 68.4 Å². The maximum Gasteiger partial charge on any atom is 0.141 e. The number of hydrogen-bond acceptors (Lipinski definition) is 11. The molecule has 2 fully saturated rings. The van der Waals surface area contributed by atoms with E-state index in [1.54, 1.807) is 6.33 Å². The number of piperidine rings is 1. The van der Waals surface area contributed by atoms with Crippen LogP contribution in [0.15, 0.2) is 49.3 Å². The van der Waals surface area contributed by atoms with Gasteiger partial charge in [0.2, 0.25) is 0 Å². The quantitative estimate of drug-likeness (QED) is 0.102. The molecule has 1 aliphatic carbocycles. The molecule has 4 N–H and O–H groups in total. The van der Waals surface area contributed by atoms with Gasteiger partial charge in [-0.25, -0.2) is 29.9 Å². The largest absolute Gasteiger partial charge is 0.393 e. The first-order chi connectivity index (χ1) is 27.6. The molecule has 13 nitrogen and oxygen atoms in total. The van der Waals surface area contributed by atoms with Crippen molar-refractivity contribution >= 4 is 74.1 Å². The Balaban J connectivity index is 0.000000139. The van der Waals surface area contributed by atoms with Crippen LogP contribution in [0.4, 0.5) is 17.2 Å². The third-order valence-corrected chi connectivity index (χ3v) is 12.3. The second kappa shape index (κ2) is 17.3. The first kappa shape index (κ1) is 39.6. The molecule has 9 heterocycles. The summed E-state index contributed by atoms with van der Waals surface area (Å²) in [6, 6.07) is 8.48.